The Morgan fingerprint density at radius 2 is 1.90 bits per heavy atom. The summed E-state index contributed by atoms with van der Waals surface area (Å²) in [5.74, 6) is 1.89. The lowest BCUT2D eigenvalue weighted by Crippen LogP contribution is -2.36. The molecule has 1 atom stereocenters. The second kappa shape index (κ2) is 4.37. The van der Waals surface area contributed by atoms with Gasteiger partial charge >= 0.3 is 0 Å². The smallest absolute Gasteiger partial charge is 0.128 e. The van der Waals surface area contributed by atoms with Crippen molar-refractivity contribution in [3.8, 4) is 5.75 Å². The molecule has 1 heteroatoms. The predicted molar refractivity (Wildman–Crippen MR) is 84.0 cm³/mol. The first kappa shape index (κ1) is 12.0. The zero-order chi connectivity index (χ0) is 13.6. The van der Waals surface area contributed by atoms with Gasteiger partial charge in [-0.2, -0.15) is 0 Å². The maximum absolute atomic E-state index is 6.35. The molecule has 1 fully saturated rings. The Morgan fingerprint density at radius 3 is 2.60 bits per heavy atom. The van der Waals surface area contributed by atoms with E-state index in [4.69, 9.17) is 4.74 Å². The molecular formula is C19H20O. The monoisotopic (exact) mass is 264 g/mol. The summed E-state index contributed by atoms with van der Waals surface area (Å²) in [7, 11) is 0. The highest BCUT2D eigenvalue weighted by atomic mass is 16.5. The van der Waals surface area contributed by atoms with Crippen LogP contribution in [0.3, 0.4) is 0 Å². The van der Waals surface area contributed by atoms with Crippen molar-refractivity contribution in [2.45, 2.75) is 38.2 Å². The largest absolute Gasteiger partial charge is 0.483 e. The lowest BCUT2D eigenvalue weighted by molar-refractivity contribution is 0.0857. The molecule has 0 amide bonds. The van der Waals surface area contributed by atoms with E-state index in [-0.39, 0.29) is 5.60 Å². The molecule has 1 saturated carbocycles. The lowest BCUT2D eigenvalue weighted by atomic mass is 9.77. The highest BCUT2D eigenvalue weighted by Crippen LogP contribution is 2.40. The Balaban J connectivity index is 1.69. The second-order valence-corrected chi connectivity index (χ2v) is 6.49. The number of hydrogen-bond donors (Lipinski definition) is 0. The quantitative estimate of drug-likeness (QED) is 0.725. The van der Waals surface area contributed by atoms with Crippen LogP contribution in [0.1, 0.15) is 38.2 Å². The van der Waals surface area contributed by atoms with Gasteiger partial charge in [0, 0.05) is 5.56 Å². The average molecular weight is 264 g/mol. The predicted octanol–water partition coefficient (Wildman–Crippen LogP) is 5.19. The van der Waals surface area contributed by atoms with Gasteiger partial charge in [0.25, 0.3) is 0 Å². The van der Waals surface area contributed by atoms with Crippen molar-refractivity contribution in [1.82, 2.24) is 0 Å². The molecule has 2 aliphatic rings. The van der Waals surface area contributed by atoms with Crippen molar-refractivity contribution in [3.05, 3.63) is 48.0 Å². The Hall–Kier alpha value is -1.76. The van der Waals surface area contributed by atoms with Gasteiger partial charge < -0.3 is 4.74 Å². The molecule has 0 aromatic heterocycles. The first-order valence-corrected chi connectivity index (χ1v) is 7.63. The van der Waals surface area contributed by atoms with Crippen molar-refractivity contribution in [1.29, 1.82) is 0 Å². The first-order valence-electron chi connectivity index (χ1n) is 7.63. The van der Waals surface area contributed by atoms with Crippen LogP contribution in [-0.2, 0) is 0 Å². The number of ether oxygens (including phenoxy) is 1. The number of fused-ring (bicyclic) bond motifs is 2. The van der Waals surface area contributed by atoms with E-state index in [0.29, 0.717) is 0 Å². The van der Waals surface area contributed by atoms with Crippen molar-refractivity contribution in [2.24, 2.45) is 5.92 Å². The molecule has 1 unspecified atom stereocenters. The minimum Gasteiger partial charge on any atom is -0.483 e. The van der Waals surface area contributed by atoms with Crippen LogP contribution < -0.4 is 4.74 Å². The molecule has 2 aromatic rings. The standard InChI is InChI=1S/C19H20O/c1-19(13-14-5-4-6-14)10-9-17-11-15-7-2-3-8-16(15)12-18(17)20-19/h2-3,7-12,14H,4-6,13H2,1H3. The Kier molecular flexibility index (Phi) is 2.63. The van der Waals surface area contributed by atoms with Crippen LogP contribution in [0.4, 0.5) is 0 Å². The summed E-state index contributed by atoms with van der Waals surface area (Å²) in [4.78, 5) is 0. The first-order chi connectivity index (χ1) is 9.72. The molecule has 102 valence electrons. The van der Waals surface area contributed by atoms with E-state index in [0.717, 1.165) is 18.1 Å². The molecule has 0 N–H and O–H groups in total. The van der Waals surface area contributed by atoms with Gasteiger partial charge in [0.1, 0.15) is 11.4 Å². The van der Waals surface area contributed by atoms with Gasteiger partial charge in [-0.25, -0.2) is 0 Å². The van der Waals surface area contributed by atoms with E-state index in [9.17, 15) is 0 Å². The van der Waals surface area contributed by atoms with Crippen molar-refractivity contribution < 1.29 is 4.74 Å². The van der Waals surface area contributed by atoms with Crippen LogP contribution in [0.2, 0.25) is 0 Å². The molecule has 1 nitrogen and oxygen atoms in total. The summed E-state index contributed by atoms with van der Waals surface area (Å²) in [5.41, 5.74) is 1.08. The van der Waals surface area contributed by atoms with E-state index in [1.54, 1.807) is 0 Å². The minimum atomic E-state index is -0.124. The van der Waals surface area contributed by atoms with Crippen LogP contribution in [0.15, 0.2) is 42.5 Å². The number of rotatable bonds is 2. The van der Waals surface area contributed by atoms with E-state index in [1.165, 1.54) is 35.6 Å². The zero-order valence-corrected chi connectivity index (χ0v) is 11.9. The minimum absolute atomic E-state index is 0.124. The molecule has 0 spiro atoms. The highest BCUT2D eigenvalue weighted by molar-refractivity contribution is 5.87. The summed E-state index contributed by atoms with van der Waals surface area (Å²) in [6, 6.07) is 12.9. The Labute approximate surface area is 120 Å². The van der Waals surface area contributed by atoms with E-state index in [1.807, 2.05) is 0 Å². The van der Waals surface area contributed by atoms with Crippen LogP contribution in [0, 0.1) is 5.92 Å². The fraction of sp³-hybridized carbons (Fsp3) is 0.368. The summed E-state index contributed by atoms with van der Waals surface area (Å²) in [5, 5.41) is 2.54. The van der Waals surface area contributed by atoms with Gasteiger partial charge in [0.15, 0.2) is 0 Å². The van der Waals surface area contributed by atoms with Crippen molar-refractivity contribution in [2.75, 3.05) is 0 Å². The molecule has 1 heterocycles. The molecule has 1 aliphatic heterocycles. The molecule has 4 rings (SSSR count). The van der Waals surface area contributed by atoms with E-state index >= 15 is 0 Å². The molecule has 2 aromatic carbocycles. The molecule has 20 heavy (non-hydrogen) atoms. The van der Waals surface area contributed by atoms with Crippen LogP contribution in [-0.4, -0.2) is 5.60 Å². The molecular weight excluding hydrogens is 244 g/mol. The Bertz CT molecular complexity index is 681. The summed E-state index contributed by atoms with van der Waals surface area (Å²) in [6.45, 7) is 2.22. The topological polar surface area (TPSA) is 9.23 Å². The molecule has 1 aliphatic carbocycles. The van der Waals surface area contributed by atoms with Crippen LogP contribution >= 0.6 is 0 Å². The van der Waals surface area contributed by atoms with Gasteiger partial charge in [-0.05, 0) is 48.2 Å². The number of hydrogen-bond acceptors (Lipinski definition) is 1. The zero-order valence-electron chi connectivity index (χ0n) is 11.9. The Morgan fingerprint density at radius 1 is 1.15 bits per heavy atom. The third kappa shape index (κ3) is 2.02. The van der Waals surface area contributed by atoms with Gasteiger partial charge in [-0.3, -0.25) is 0 Å². The molecule has 0 bridgehead atoms. The maximum Gasteiger partial charge on any atom is 0.128 e. The van der Waals surface area contributed by atoms with Gasteiger partial charge in [0.05, 0.1) is 0 Å². The van der Waals surface area contributed by atoms with Crippen molar-refractivity contribution >= 4 is 16.8 Å². The summed E-state index contributed by atoms with van der Waals surface area (Å²) >= 11 is 0. The fourth-order valence-corrected chi connectivity index (χ4v) is 3.39. The third-order valence-electron chi connectivity index (χ3n) is 4.76. The summed E-state index contributed by atoms with van der Waals surface area (Å²) in [6.07, 6.45) is 9.78. The van der Waals surface area contributed by atoms with Gasteiger partial charge in [-0.1, -0.05) is 49.6 Å². The summed E-state index contributed by atoms with van der Waals surface area (Å²) < 4.78 is 6.35. The van der Waals surface area contributed by atoms with Gasteiger partial charge in [-0.15, -0.1) is 0 Å². The SMILES string of the molecule is CC1(CC2CCC2)C=Cc2cc3ccccc3cc2O1. The lowest BCUT2D eigenvalue weighted by Gasteiger charge is -2.37. The van der Waals surface area contributed by atoms with Crippen LogP contribution in [0.5, 0.6) is 5.75 Å². The number of benzene rings is 2. The molecule has 0 radical (unpaired) electrons. The van der Waals surface area contributed by atoms with E-state index in [2.05, 4.69) is 55.5 Å². The average Bonchev–Trinajstić information content (AvgIpc) is 2.41. The van der Waals surface area contributed by atoms with Gasteiger partial charge in [0.2, 0.25) is 0 Å². The maximum atomic E-state index is 6.35. The third-order valence-corrected chi connectivity index (χ3v) is 4.76. The normalized spacial score (nSPS) is 25.1. The fourth-order valence-electron chi connectivity index (χ4n) is 3.39. The van der Waals surface area contributed by atoms with E-state index < -0.39 is 0 Å². The molecule has 0 saturated heterocycles. The highest BCUT2D eigenvalue weighted by Gasteiger charge is 2.33. The van der Waals surface area contributed by atoms with Crippen molar-refractivity contribution in [3.63, 3.8) is 0 Å². The van der Waals surface area contributed by atoms with Crippen LogP contribution in [0.25, 0.3) is 16.8 Å². The second-order valence-electron chi connectivity index (χ2n) is 6.49.